The second-order valence-corrected chi connectivity index (χ2v) is 6.02. The summed E-state index contributed by atoms with van der Waals surface area (Å²) in [6.07, 6.45) is 0.647. The van der Waals surface area contributed by atoms with Crippen molar-refractivity contribution in [3.63, 3.8) is 0 Å². The summed E-state index contributed by atoms with van der Waals surface area (Å²) >= 11 is 6.08. The van der Waals surface area contributed by atoms with Gasteiger partial charge in [-0.2, -0.15) is 0 Å². The molecule has 0 fully saturated rings. The summed E-state index contributed by atoms with van der Waals surface area (Å²) in [6.45, 7) is 1.79. The van der Waals surface area contributed by atoms with Gasteiger partial charge in [-0.25, -0.2) is 0 Å². The molecule has 1 atom stereocenters. The van der Waals surface area contributed by atoms with E-state index in [-0.39, 0.29) is 24.5 Å². The topological polar surface area (TPSA) is 78.4 Å². The Morgan fingerprint density at radius 1 is 1.12 bits per heavy atom. The molecule has 0 aliphatic heterocycles. The predicted octanol–water partition coefficient (Wildman–Crippen LogP) is 2.87. The number of aliphatic hydroxyl groups is 1. The Morgan fingerprint density at radius 2 is 1.84 bits per heavy atom. The number of hydrogen-bond acceptors (Lipinski definition) is 3. The zero-order valence-corrected chi connectivity index (χ0v) is 14.9. The van der Waals surface area contributed by atoms with E-state index in [0.717, 1.165) is 11.1 Å². The Kier molecular flexibility index (Phi) is 6.56. The fourth-order valence-corrected chi connectivity index (χ4v) is 2.60. The van der Waals surface area contributed by atoms with Crippen LogP contribution in [-0.4, -0.2) is 36.6 Å². The maximum atomic E-state index is 12.3. The summed E-state index contributed by atoms with van der Waals surface area (Å²) in [5, 5.41) is 14.9. The van der Waals surface area contributed by atoms with Gasteiger partial charge in [-0.3, -0.25) is 9.59 Å². The van der Waals surface area contributed by atoms with Crippen LogP contribution in [0.4, 0.5) is 0 Å². The first kappa shape index (κ1) is 19.0. The molecule has 0 aliphatic rings. The highest BCUT2D eigenvalue weighted by molar-refractivity contribution is 6.34. The highest BCUT2D eigenvalue weighted by Gasteiger charge is 2.14. The van der Waals surface area contributed by atoms with Crippen molar-refractivity contribution in [2.75, 3.05) is 13.7 Å². The lowest BCUT2D eigenvalue weighted by Gasteiger charge is -2.14. The molecule has 0 aliphatic carbocycles. The van der Waals surface area contributed by atoms with Crippen LogP contribution >= 0.6 is 11.6 Å². The number of nitrogens with one attached hydrogen (secondary N) is 2. The molecule has 0 spiro atoms. The minimum absolute atomic E-state index is 0.103. The van der Waals surface area contributed by atoms with Gasteiger partial charge in [0, 0.05) is 12.6 Å². The fraction of sp³-hybridized carbons (Fsp3) is 0.263. The monoisotopic (exact) mass is 360 g/mol. The van der Waals surface area contributed by atoms with Crippen LogP contribution in [0.2, 0.25) is 5.02 Å². The molecular weight excluding hydrogens is 340 g/mol. The summed E-state index contributed by atoms with van der Waals surface area (Å²) in [5.74, 6) is -0.516. The van der Waals surface area contributed by atoms with E-state index in [0.29, 0.717) is 22.6 Å². The Morgan fingerprint density at radius 3 is 2.48 bits per heavy atom. The number of hydrogen-bond donors (Lipinski definition) is 3. The van der Waals surface area contributed by atoms with Crippen LogP contribution in [0.25, 0.3) is 11.1 Å². The van der Waals surface area contributed by atoms with Crippen molar-refractivity contribution in [3.8, 4) is 11.1 Å². The van der Waals surface area contributed by atoms with Crippen LogP contribution in [0.15, 0.2) is 42.5 Å². The largest absolute Gasteiger partial charge is 0.394 e. The van der Waals surface area contributed by atoms with Crippen LogP contribution in [0.3, 0.4) is 0 Å². The van der Waals surface area contributed by atoms with Gasteiger partial charge >= 0.3 is 0 Å². The van der Waals surface area contributed by atoms with E-state index >= 15 is 0 Å². The molecule has 2 aromatic rings. The van der Waals surface area contributed by atoms with Crippen molar-refractivity contribution >= 4 is 23.4 Å². The van der Waals surface area contributed by atoms with E-state index in [1.54, 1.807) is 43.4 Å². The van der Waals surface area contributed by atoms with Crippen LogP contribution in [0.5, 0.6) is 0 Å². The lowest BCUT2D eigenvalue weighted by Crippen LogP contribution is -2.36. The van der Waals surface area contributed by atoms with Gasteiger partial charge in [0.15, 0.2) is 0 Å². The number of benzene rings is 2. The van der Waals surface area contributed by atoms with Gasteiger partial charge in [-0.1, -0.05) is 36.7 Å². The Balaban J connectivity index is 2.33. The molecule has 1 unspecified atom stereocenters. The number of carbonyl (C=O) groups excluding carboxylic acids is 2. The van der Waals surface area contributed by atoms with Gasteiger partial charge < -0.3 is 15.7 Å². The molecule has 0 heterocycles. The minimum atomic E-state index is -0.272. The molecule has 5 nitrogen and oxygen atoms in total. The SMILES string of the molecule is CCC(CO)NC(=O)c1cccc(-c2ccc(Cl)c(C(=O)NC)c2)c1. The third-order valence-electron chi connectivity index (χ3n) is 3.94. The Hall–Kier alpha value is -2.37. The number of aliphatic hydroxyl groups excluding tert-OH is 1. The van der Waals surface area contributed by atoms with Gasteiger partial charge in [0.05, 0.1) is 23.2 Å². The van der Waals surface area contributed by atoms with Crippen molar-refractivity contribution in [1.29, 1.82) is 0 Å². The second kappa shape index (κ2) is 8.65. The third-order valence-corrected chi connectivity index (χ3v) is 4.27. The highest BCUT2D eigenvalue weighted by Crippen LogP contribution is 2.26. The van der Waals surface area contributed by atoms with Crippen LogP contribution in [0.1, 0.15) is 34.1 Å². The summed E-state index contributed by atoms with van der Waals surface area (Å²) in [6, 6.07) is 12.0. The van der Waals surface area contributed by atoms with E-state index in [2.05, 4.69) is 10.6 Å². The first-order chi connectivity index (χ1) is 12.0. The maximum absolute atomic E-state index is 12.3. The molecule has 0 saturated heterocycles. The minimum Gasteiger partial charge on any atom is -0.394 e. The van der Waals surface area contributed by atoms with E-state index in [4.69, 9.17) is 11.6 Å². The van der Waals surface area contributed by atoms with Crippen molar-refractivity contribution in [2.45, 2.75) is 19.4 Å². The summed E-state index contributed by atoms with van der Waals surface area (Å²) in [5.41, 5.74) is 2.45. The van der Waals surface area contributed by atoms with E-state index in [9.17, 15) is 14.7 Å². The molecular formula is C19H21ClN2O3. The van der Waals surface area contributed by atoms with E-state index in [1.165, 1.54) is 0 Å². The van der Waals surface area contributed by atoms with Gasteiger partial charge in [0.2, 0.25) is 0 Å². The molecule has 0 radical (unpaired) electrons. The Bertz CT molecular complexity index is 773. The van der Waals surface area contributed by atoms with Crippen molar-refractivity contribution in [3.05, 3.63) is 58.6 Å². The van der Waals surface area contributed by atoms with Crippen LogP contribution in [-0.2, 0) is 0 Å². The lowest BCUT2D eigenvalue weighted by atomic mass is 10.0. The zero-order valence-electron chi connectivity index (χ0n) is 14.2. The standard InChI is InChI=1S/C19H21ClN2O3/c1-3-15(11-23)22-18(24)14-6-4-5-12(9-14)13-7-8-17(20)16(10-13)19(25)21-2/h4-10,15,23H,3,11H2,1-2H3,(H,21,25)(H,22,24). The quantitative estimate of drug-likeness (QED) is 0.741. The average molecular weight is 361 g/mol. The molecule has 6 heteroatoms. The normalized spacial score (nSPS) is 11.7. The van der Waals surface area contributed by atoms with Crippen molar-refractivity contribution in [1.82, 2.24) is 10.6 Å². The third kappa shape index (κ3) is 4.59. The number of carbonyl (C=O) groups is 2. The van der Waals surface area contributed by atoms with Gasteiger partial charge in [-0.05, 0) is 41.8 Å². The van der Waals surface area contributed by atoms with Crippen molar-refractivity contribution < 1.29 is 14.7 Å². The molecule has 2 amide bonds. The van der Waals surface area contributed by atoms with Crippen LogP contribution < -0.4 is 10.6 Å². The zero-order chi connectivity index (χ0) is 18.4. The predicted molar refractivity (Wildman–Crippen MR) is 98.9 cm³/mol. The molecule has 3 N–H and O–H groups in total. The number of halogens is 1. The van der Waals surface area contributed by atoms with Crippen molar-refractivity contribution in [2.24, 2.45) is 0 Å². The molecule has 0 saturated carbocycles. The fourth-order valence-electron chi connectivity index (χ4n) is 2.40. The number of amides is 2. The van der Waals surface area contributed by atoms with Gasteiger partial charge in [0.1, 0.15) is 0 Å². The second-order valence-electron chi connectivity index (χ2n) is 5.62. The smallest absolute Gasteiger partial charge is 0.252 e. The molecule has 25 heavy (non-hydrogen) atoms. The molecule has 0 bridgehead atoms. The summed E-state index contributed by atoms with van der Waals surface area (Å²) < 4.78 is 0. The Labute approximate surface area is 152 Å². The highest BCUT2D eigenvalue weighted by atomic mass is 35.5. The molecule has 132 valence electrons. The lowest BCUT2D eigenvalue weighted by molar-refractivity contribution is 0.0914. The maximum Gasteiger partial charge on any atom is 0.252 e. The van der Waals surface area contributed by atoms with Crippen LogP contribution in [0, 0.1) is 0 Å². The summed E-state index contributed by atoms with van der Waals surface area (Å²) in [4.78, 5) is 24.2. The average Bonchev–Trinajstić information content (AvgIpc) is 2.65. The molecule has 0 aromatic heterocycles. The molecule has 2 rings (SSSR count). The van der Waals surface area contributed by atoms with Gasteiger partial charge in [0.25, 0.3) is 11.8 Å². The summed E-state index contributed by atoms with van der Waals surface area (Å²) in [7, 11) is 1.54. The van der Waals surface area contributed by atoms with Gasteiger partial charge in [-0.15, -0.1) is 0 Å². The number of rotatable bonds is 6. The first-order valence-electron chi connectivity index (χ1n) is 8.04. The molecule has 2 aromatic carbocycles. The van der Waals surface area contributed by atoms with E-state index in [1.807, 2.05) is 13.0 Å². The first-order valence-corrected chi connectivity index (χ1v) is 8.41. The van der Waals surface area contributed by atoms with E-state index < -0.39 is 0 Å².